The van der Waals surface area contributed by atoms with Crippen LogP contribution in [-0.2, 0) is 9.59 Å². The van der Waals surface area contributed by atoms with Gasteiger partial charge in [-0.2, -0.15) is 0 Å². The first-order valence-electron chi connectivity index (χ1n) is 7.90. The number of hydrogen-bond acceptors (Lipinski definition) is 3. The van der Waals surface area contributed by atoms with Crippen molar-refractivity contribution >= 4 is 11.9 Å². The van der Waals surface area contributed by atoms with Crippen LogP contribution in [-0.4, -0.2) is 48.1 Å². The Hall–Kier alpha value is -1.10. The molecule has 0 radical (unpaired) electrons. The van der Waals surface area contributed by atoms with Crippen LogP contribution < -0.4 is 5.32 Å². The minimum atomic E-state index is -0.861. The van der Waals surface area contributed by atoms with Crippen LogP contribution in [0.5, 0.6) is 0 Å². The molecule has 2 rings (SSSR count). The summed E-state index contributed by atoms with van der Waals surface area (Å²) in [4.78, 5) is 25.8. The van der Waals surface area contributed by atoms with Gasteiger partial charge in [0, 0.05) is 12.1 Å². The van der Waals surface area contributed by atoms with E-state index in [4.69, 9.17) is 0 Å². The van der Waals surface area contributed by atoms with Gasteiger partial charge in [0.05, 0.1) is 11.8 Å². The maximum absolute atomic E-state index is 12.4. The van der Waals surface area contributed by atoms with Gasteiger partial charge in [-0.15, -0.1) is 0 Å². The van der Waals surface area contributed by atoms with Gasteiger partial charge < -0.3 is 15.3 Å². The molecule has 0 aliphatic heterocycles. The third-order valence-corrected chi connectivity index (χ3v) is 5.70. The van der Waals surface area contributed by atoms with E-state index in [-0.39, 0.29) is 11.4 Å². The van der Waals surface area contributed by atoms with E-state index in [1.54, 1.807) is 0 Å². The minimum absolute atomic E-state index is 0.0334. The Kier molecular flexibility index (Phi) is 4.34. The van der Waals surface area contributed by atoms with Crippen LogP contribution in [0.3, 0.4) is 0 Å². The zero-order chi connectivity index (χ0) is 15.8. The van der Waals surface area contributed by atoms with Gasteiger partial charge in [0.2, 0.25) is 5.91 Å². The van der Waals surface area contributed by atoms with Crippen molar-refractivity contribution in [2.24, 2.45) is 17.3 Å². The smallest absolute Gasteiger partial charge is 0.307 e. The maximum atomic E-state index is 12.4. The number of aliphatic carboxylic acids is 1. The molecule has 0 aromatic rings. The molecule has 0 bridgehead atoms. The van der Waals surface area contributed by atoms with Gasteiger partial charge >= 0.3 is 5.97 Å². The molecule has 0 heterocycles. The summed E-state index contributed by atoms with van der Waals surface area (Å²) in [6.45, 7) is 4.34. The first kappa shape index (κ1) is 16.3. The fourth-order valence-electron chi connectivity index (χ4n) is 3.94. The van der Waals surface area contributed by atoms with Crippen molar-refractivity contribution in [1.29, 1.82) is 0 Å². The van der Waals surface area contributed by atoms with E-state index in [1.165, 1.54) is 19.3 Å². The Balaban J connectivity index is 1.96. The number of nitrogens with zero attached hydrogens (tertiary/aromatic N) is 1. The van der Waals surface area contributed by atoms with Crippen molar-refractivity contribution in [2.75, 3.05) is 20.6 Å². The van der Waals surface area contributed by atoms with E-state index < -0.39 is 23.2 Å². The molecule has 2 saturated carbocycles. The molecule has 0 saturated heterocycles. The predicted molar refractivity (Wildman–Crippen MR) is 80.9 cm³/mol. The van der Waals surface area contributed by atoms with Gasteiger partial charge in [0.15, 0.2) is 0 Å². The highest BCUT2D eigenvalue weighted by Crippen LogP contribution is 2.58. The van der Waals surface area contributed by atoms with Crippen LogP contribution in [0.25, 0.3) is 0 Å². The summed E-state index contributed by atoms with van der Waals surface area (Å²) in [5.74, 6) is -1.89. The number of carboxylic acid groups (broad SMARTS) is 1. The number of carboxylic acids is 1. The molecule has 2 fully saturated rings. The van der Waals surface area contributed by atoms with E-state index in [9.17, 15) is 14.7 Å². The molecule has 0 aromatic heterocycles. The van der Waals surface area contributed by atoms with Crippen molar-refractivity contribution in [3.8, 4) is 0 Å². The lowest BCUT2D eigenvalue weighted by molar-refractivity contribution is -0.140. The molecule has 2 unspecified atom stereocenters. The Morgan fingerprint density at radius 2 is 1.71 bits per heavy atom. The number of likely N-dealkylation sites (N-methyl/N-ethyl adjacent to an activating group) is 1. The normalized spacial score (nSPS) is 30.0. The molecule has 2 N–H and O–H groups in total. The highest BCUT2D eigenvalue weighted by molar-refractivity contribution is 5.91. The molecule has 5 heteroatoms. The van der Waals surface area contributed by atoms with Gasteiger partial charge in [-0.25, -0.2) is 0 Å². The van der Waals surface area contributed by atoms with Gasteiger partial charge in [0.1, 0.15) is 0 Å². The topological polar surface area (TPSA) is 69.6 Å². The fourth-order valence-corrected chi connectivity index (χ4v) is 3.94. The second kappa shape index (κ2) is 5.59. The summed E-state index contributed by atoms with van der Waals surface area (Å²) < 4.78 is 0. The van der Waals surface area contributed by atoms with Crippen molar-refractivity contribution in [2.45, 2.75) is 51.5 Å². The Labute approximate surface area is 127 Å². The second-order valence-corrected chi connectivity index (χ2v) is 7.51. The van der Waals surface area contributed by atoms with Crippen LogP contribution >= 0.6 is 0 Å². The average molecular weight is 296 g/mol. The second-order valence-electron chi connectivity index (χ2n) is 7.51. The lowest BCUT2D eigenvalue weighted by Gasteiger charge is -2.43. The number of carbonyl (C=O) groups is 2. The zero-order valence-electron chi connectivity index (χ0n) is 13.6. The van der Waals surface area contributed by atoms with E-state index in [0.29, 0.717) is 6.54 Å². The molecule has 2 atom stereocenters. The summed E-state index contributed by atoms with van der Waals surface area (Å²) in [7, 11) is 4.14. The summed E-state index contributed by atoms with van der Waals surface area (Å²) in [5.41, 5.74) is -0.389. The van der Waals surface area contributed by atoms with Crippen molar-refractivity contribution in [1.82, 2.24) is 10.2 Å². The Morgan fingerprint density at radius 3 is 2.14 bits per heavy atom. The molecule has 0 aromatic carbocycles. The van der Waals surface area contributed by atoms with Crippen LogP contribution in [0.15, 0.2) is 0 Å². The molecule has 2 aliphatic carbocycles. The summed E-state index contributed by atoms with van der Waals surface area (Å²) in [6.07, 6.45) is 5.84. The Bertz CT molecular complexity index is 425. The molecule has 5 nitrogen and oxygen atoms in total. The van der Waals surface area contributed by atoms with Crippen molar-refractivity contribution in [3.63, 3.8) is 0 Å². The van der Waals surface area contributed by atoms with Crippen LogP contribution in [0, 0.1) is 17.3 Å². The lowest BCUT2D eigenvalue weighted by atomic mass is 9.80. The van der Waals surface area contributed by atoms with Gasteiger partial charge in [-0.3, -0.25) is 9.59 Å². The molecule has 1 amide bonds. The van der Waals surface area contributed by atoms with Crippen molar-refractivity contribution in [3.05, 3.63) is 0 Å². The molecule has 0 spiro atoms. The molecule has 2 aliphatic rings. The standard InChI is InChI=1S/C16H28N2O3/c1-15(2)11(12(15)14(20)21)13(19)17-10-16(18(3)4)8-6-5-7-9-16/h11-12H,5-10H2,1-4H3,(H,17,19)(H,20,21). The first-order valence-corrected chi connectivity index (χ1v) is 7.90. The quantitative estimate of drug-likeness (QED) is 0.810. The highest BCUT2D eigenvalue weighted by atomic mass is 16.4. The molecule has 120 valence electrons. The lowest BCUT2D eigenvalue weighted by Crippen LogP contribution is -2.54. The van der Waals surface area contributed by atoms with Gasteiger partial charge in [-0.05, 0) is 32.4 Å². The minimum Gasteiger partial charge on any atom is -0.481 e. The monoisotopic (exact) mass is 296 g/mol. The third kappa shape index (κ3) is 2.93. The summed E-state index contributed by atoms with van der Waals surface area (Å²) in [6, 6.07) is 0. The maximum Gasteiger partial charge on any atom is 0.307 e. The van der Waals surface area contributed by atoms with E-state index in [1.807, 2.05) is 13.8 Å². The van der Waals surface area contributed by atoms with E-state index in [2.05, 4.69) is 24.3 Å². The predicted octanol–water partition coefficient (Wildman–Crippen LogP) is 1.72. The zero-order valence-corrected chi connectivity index (χ0v) is 13.6. The van der Waals surface area contributed by atoms with Gasteiger partial charge in [0.25, 0.3) is 0 Å². The summed E-state index contributed by atoms with van der Waals surface area (Å²) >= 11 is 0. The van der Waals surface area contributed by atoms with Gasteiger partial charge in [-0.1, -0.05) is 33.1 Å². The molecule has 21 heavy (non-hydrogen) atoms. The SMILES string of the molecule is CN(C)C1(CNC(=O)C2C(C(=O)O)C2(C)C)CCCCC1. The number of rotatable bonds is 5. The summed E-state index contributed by atoms with van der Waals surface area (Å²) in [5, 5.41) is 12.2. The highest BCUT2D eigenvalue weighted by Gasteiger charge is 2.65. The number of nitrogens with one attached hydrogen (secondary N) is 1. The third-order valence-electron chi connectivity index (χ3n) is 5.70. The van der Waals surface area contributed by atoms with E-state index in [0.717, 1.165) is 12.8 Å². The Morgan fingerprint density at radius 1 is 1.14 bits per heavy atom. The molecular weight excluding hydrogens is 268 g/mol. The number of carbonyl (C=O) groups excluding carboxylic acids is 1. The van der Waals surface area contributed by atoms with Crippen LogP contribution in [0.1, 0.15) is 46.0 Å². The average Bonchev–Trinajstić information content (AvgIpc) is 3.00. The molecular formula is C16H28N2O3. The van der Waals surface area contributed by atoms with Crippen LogP contribution in [0.4, 0.5) is 0 Å². The number of amides is 1. The fraction of sp³-hybridized carbons (Fsp3) is 0.875. The number of hydrogen-bond donors (Lipinski definition) is 2. The largest absolute Gasteiger partial charge is 0.481 e. The van der Waals surface area contributed by atoms with E-state index >= 15 is 0 Å². The first-order chi connectivity index (χ1) is 9.72. The van der Waals surface area contributed by atoms with Crippen LogP contribution in [0.2, 0.25) is 0 Å². The van der Waals surface area contributed by atoms with Crippen molar-refractivity contribution < 1.29 is 14.7 Å².